The Kier molecular flexibility index (Phi) is 7.01. The van der Waals surface area contributed by atoms with Gasteiger partial charge in [-0.3, -0.25) is 4.79 Å². The number of amides is 1. The Balaban J connectivity index is 2.33. The third kappa shape index (κ3) is 5.57. The molecule has 0 aliphatic rings. The zero-order chi connectivity index (χ0) is 15.0. The molecule has 4 nitrogen and oxygen atoms in total. The summed E-state index contributed by atoms with van der Waals surface area (Å²) >= 11 is 0. The fourth-order valence-corrected chi connectivity index (χ4v) is 1.84. The number of rotatable bonds is 8. The highest BCUT2D eigenvalue weighted by molar-refractivity contribution is 5.78. The molecule has 0 heterocycles. The molecular weight excluding hydrogens is 261 g/mol. The molecule has 0 aliphatic heterocycles. The van der Waals surface area contributed by atoms with E-state index in [1.807, 2.05) is 6.92 Å². The Morgan fingerprint density at radius 2 is 2.25 bits per heavy atom. The van der Waals surface area contributed by atoms with E-state index >= 15 is 0 Å². The van der Waals surface area contributed by atoms with Crippen LogP contribution in [0.2, 0.25) is 0 Å². The third-order valence-electron chi connectivity index (χ3n) is 3.09. The van der Waals surface area contributed by atoms with E-state index < -0.39 is 5.82 Å². The van der Waals surface area contributed by atoms with Gasteiger partial charge in [0.2, 0.25) is 5.91 Å². The molecule has 0 radical (unpaired) electrons. The highest BCUT2D eigenvalue weighted by atomic mass is 19.1. The molecule has 0 fully saturated rings. The van der Waals surface area contributed by atoms with Gasteiger partial charge in [-0.2, -0.15) is 0 Å². The average Bonchev–Trinajstić information content (AvgIpc) is 2.43. The topological polar surface area (TPSA) is 58.6 Å². The molecule has 1 aromatic rings. The molecule has 0 spiro atoms. The Morgan fingerprint density at radius 1 is 1.50 bits per heavy atom. The first kappa shape index (κ1) is 16.4. The van der Waals surface area contributed by atoms with Crippen LogP contribution in [0.5, 0.6) is 5.75 Å². The van der Waals surface area contributed by atoms with Gasteiger partial charge in [0.1, 0.15) is 0 Å². The molecule has 5 heteroatoms. The monoisotopic (exact) mass is 283 g/mol. The van der Waals surface area contributed by atoms with E-state index in [0.717, 1.165) is 12.8 Å². The summed E-state index contributed by atoms with van der Waals surface area (Å²) in [6.07, 6.45) is 1.84. The van der Waals surface area contributed by atoms with Gasteiger partial charge in [0.15, 0.2) is 11.6 Å². The van der Waals surface area contributed by atoms with Crippen molar-refractivity contribution in [3.05, 3.63) is 29.6 Å². The van der Waals surface area contributed by atoms with Crippen LogP contribution in [0.3, 0.4) is 0 Å². The van der Waals surface area contributed by atoms with Crippen LogP contribution in [0.15, 0.2) is 18.2 Å². The van der Waals surface area contributed by atoms with Gasteiger partial charge in [-0.15, -0.1) is 0 Å². The molecule has 112 valence electrons. The molecule has 20 heavy (non-hydrogen) atoms. The van der Waals surface area contributed by atoms with Crippen molar-refractivity contribution in [3.8, 4) is 5.75 Å². The number of carbonyl (C=O) groups excluding carboxylic acids is 1. The molecule has 0 saturated heterocycles. The van der Waals surface area contributed by atoms with Crippen molar-refractivity contribution in [2.45, 2.75) is 26.2 Å². The van der Waals surface area contributed by atoms with Crippen LogP contribution >= 0.6 is 0 Å². The van der Waals surface area contributed by atoms with Gasteiger partial charge in [0.05, 0.1) is 13.5 Å². The molecule has 1 rings (SSSR count). The lowest BCUT2D eigenvalue weighted by atomic mass is 10.1. The van der Waals surface area contributed by atoms with Gasteiger partial charge in [-0.1, -0.05) is 13.0 Å². The molecule has 1 unspecified atom stereocenters. The molecule has 1 atom stereocenters. The van der Waals surface area contributed by atoms with Crippen molar-refractivity contribution >= 4 is 5.91 Å². The summed E-state index contributed by atoms with van der Waals surface area (Å²) in [5, 5.41) is 11.7. The number of hydrogen-bond donors (Lipinski definition) is 2. The van der Waals surface area contributed by atoms with Crippen LogP contribution in [-0.4, -0.2) is 31.3 Å². The smallest absolute Gasteiger partial charge is 0.224 e. The van der Waals surface area contributed by atoms with E-state index in [4.69, 9.17) is 9.84 Å². The van der Waals surface area contributed by atoms with E-state index in [2.05, 4.69) is 5.32 Å². The molecular formula is C15H22FNO3. The second-order valence-electron chi connectivity index (χ2n) is 4.93. The second kappa shape index (κ2) is 8.53. The number of methoxy groups -OCH3 is 1. The van der Waals surface area contributed by atoms with Crippen molar-refractivity contribution in [1.29, 1.82) is 0 Å². The summed E-state index contributed by atoms with van der Waals surface area (Å²) in [5.41, 5.74) is 0.615. The molecule has 0 saturated carbocycles. The fraction of sp³-hybridized carbons (Fsp3) is 0.533. The average molecular weight is 283 g/mol. The first-order valence-corrected chi connectivity index (χ1v) is 6.76. The predicted octanol–water partition coefficient (Wildman–Crippen LogP) is 1.90. The lowest BCUT2D eigenvalue weighted by Gasteiger charge is -2.09. The standard InChI is InChI=1S/C15H22FNO3/c1-11(10-18)4-3-7-17-15(19)9-12-5-6-14(20-2)13(16)8-12/h5-6,8,11,18H,3-4,7,9-10H2,1-2H3,(H,17,19). The minimum absolute atomic E-state index is 0.133. The first-order valence-electron chi connectivity index (χ1n) is 6.76. The van der Waals surface area contributed by atoms with Gasteiger partial charge in [-0.25, -0.2) is 4.39 Å². The van der Waals surface area contributed by atoms with E-state index in [1.54, 1.807) is 6.07 Å². The minimum Gasteiger partial charge on any atom is -0.494 e. The van der Waals surface area contributed by atoms with Crippen LogP contribution in [0.25, 0.3) is 0 Å². The lowest BCUT2D eigenvalue weighted by Crippen LogP contribution is -2.26. The largest absolute Gasteiger partial charge is 0.494 e. The van der Waals surface area contributed by atoms with Gasteiger partial charge in [-0.05, 0) is 36.5 Å². The molecule has 0 bridgehead atoms. The normalized spacial score (nSPS) is 12.0. The van der Waals surface area contributed by atoms with Crippen molar-refractivity contribution in [1.82, 2.24) is 5.32 Å². The molecule has 1 amide bonds. The zero-order valence-corrected chi connectivity index (χ0v) is 12.0. The molecule has 1 aromatic carbocycles. The number of benzene rings is 1. The van der Waals surface area contributed by atoms with Crippen molar-refractivity contribution < 1.29 is 19.0 Å². The lowest BCUT2D eigenvalue weighted by molar-refractivity contribution is -0.120. The predicted molar refractivity (Wildman–Crippen MR) is 75.1 cm³/mol. The Bertz CT molecular complexity index is 437. The SMILES string of the molecule is COc1ccc(CC(=O)NCCCC(C)CO)cc1F. The van der Waals surface area contributed by atoms with Crippen LogP contribution in [0, 0.1) is 11.7 Å². The number of ether oxygens (including phenoxy) is 1. The number of aliphatic hydroxyl groups excluding tert-OH is 1. The Hall–Kier alpha value is -1.62. The van der Waals surface area contributed by atoms with Gasteiger partial charge in [0, 0.05) is 13.2 Å². The quantitative estimate of drug-likeness (QED) is 0.716. The molecule has 0 aromatic heterocycles. The van der Waals surface area contributed by atoms with E-state index in [1.165, 1.54) is 19.2 Å². The van der Waals surface area contributed by atoms with Crippen molar-refractivity contribution in [2.75, 3.05) is 20.3 Å². The Labute approximate surface area is 119 Å². The fourth-order valence-electron chi connectivity index (χ4n) is 1.84. The number of carbonyl (C=O) groups is 1. The maximum Gasteiger partial charge on any atom is 0.224 e. The number of hydrogen-bond acceptors (Lipinski definition) is 3. The highest BCUT2D eigenvalue weighted by Gasteiger charge is 2.07. The minimum atomic E-state index is -0.463. The highest BCUT2D eigenvalue weighted by Crippen LogP contribution is 2.17. The van der Waals surface area contributed by atoms with Crippen LogP contribution in [0.1, 0.15) is 25.3 Å². The summed E-state index contributed by atoms with van der Waals surface area (Å²) in [6.45, 7) is 2.70. The van der Waals surface area contributed by atoms with Gasteiger partial charge < -0.3 is 15.2 Å². The van der Waals surface area contributed by atoms with Crippen molar-refractivity contribution in [2.24, 2.45) is 5.92 Å². The van der Waals surface area contributed by atoms with E-state index in [0.29, 0.717) is 12.1 Å². The molecule has 2 N–H and O–H groups in total. The van der Waals surface area contributed by atoms with Gasteiger partial charge in [0.25, 0.3) is 0 Å². The number of halogens is 1. The van der Waals surface area contributed by atoms with Crippen LogP contribution < -0.4 is 10.1 Å². The van der Waals surface area contributed by atoms with Crippen LogP contribution in [0.4, 0.5) is 4.39 Å². The van der Waals surface area contributed by atoms with E-state index in [-0.39, 0.29) is 30.6 Å². The number of nitrogens with one attached hydrogen (secondary N) is 1. The Morgan fingerprint density at radius 3 is 2.85 bits per heavy atom. The van der Waals surface area contributed by atoms with Crippen molar-refractivity contribution in [3.63, 3.8) is 0 Å². The summed E-state index contributed by atoms with van der Waals surface area (Å²) < 4.78 is 18.3. The zero-order valence-electron chi connectivity index (χ0n) is 12.0. The first-order chi connectivity index (χ1) is 9.56. The third-order valence-corrected chi connectivity index (χ3v) is 3.09. The summed E-state index contributed by atoms with van der Waals surface area (Å²) in [4.78, 5) is 11.7. The van der Waals surface area contributed by atoms with Gasteiger partial charge >= 0.3 is 0 Å². The van der Waals surface area contributed by atoms with E-state index in [9.17, 15) is 9.18 Å². The summed E-state index contributed by atoms with van der Waals surface area (Å²) in [6, 6.07) is 4.50. The summed E-state index contributed by atoms with van der Waals surface area (Å²) in [5.74, 6) is -0.171. The second-order valence-corrected chi connectivity index (χ2v) is 4.93. The molecule has 0 aliphatic carbocycles. The summed E-state index contributed by atoms with van der Waals surface area (Å²) in [7, 11) is 1.40. The van der Waals surface area contributed by atoms with Crippen LogP contribution in [-0.2, 0) is 11.2 Å². The maximum absolute atomic E-state index is 13.5. The number of aliphatic hydroxyl groups is 1. The maximum atomic E-state index is 13.5.